The number of carbonyl (C=O) groups is 1. The molecule has 0 spiro atoms. The minimum absolute atomic E-state index is 0.182. The SMILES string of the molecule is CCCCOc1ccc(C(=O)NC(CC)COc2cccc3nc(C)cc(N)c23)cc1OC. The van der Waals surface area contributed by atoms with Crippen LogP contribution in [-0.2, 0) is 0 Å². The van der Waals surface area contributed by atoms with Crippen LogP contribution in [0.3, 0.4) is 0 Å². The van der Waals surface area contributed by atoms with Crippen molar-refractivity contribution in [1.82, 2.24) is 10.3 Å². The highest BCUT2D eigenvalue weighted by Gasteiger charge is 2.17. The van der Waals surface area contributed by atoms with E-state index in [0.717, 1.165) is 29.4 Å². The number of pyridine rings is 1. The van der Waals surface area contributed by atoms with Crippen LogP contribution in [0.25, 0.3) is 10.9 Å². The van der Waals surface area contributed by atoms with Gasteiger partial charge in [0.05, 0.1) is 30.7 Å². The van der Waals surface area contributed by atoms with Gasteiger partial charge in [-0.1, -0.05) is 26.3 Å². The first kappa shape index (κ1) is 24.2. The first-order valence-corrected chi connectivity index (χ1v) is 11.4. The van der Waals surface area contributed by atoms with E-state index in [-0.39, 0.29) is 11.9 Å². The van der Waals surface area contributed by atoms with Crippen LogP contribution in [0.2, 0.25) is 0 Å². The van der Waals surface area contributed by atoms with E-state index in [0.29, 0.717) is 48.1 Å². The van der Waals surface area contributed by atoms with E-state index >= 15 is 0 Å². The molecule has 176 valence electrons. The molecule has 2 aromatic carbocycles. The summed E-state index contributed by atoms with van der Waals surface area (Å²) in [4.78, 5) is 17.4. The number of aromatic nitrogens is 1. The normalized spacial score (nSPS) is 11.8. The minimum Gasteiger partial charge on any atom is -0.493 e. The van der Waals surface area contributed by atoms with Gasteiger partial charge < -0.3 is 25.3 Å². The van der Waals surface area contributed by atoms with Crippen molar-refractivity contribution in [2.24, 2.45) is 0 Å². The molecule has 1 aromatic heterocycles. The monoisotopic (exact) mass is 451 g/mol. The van der Waals surface area contributed by atoms with Crippen molar-refractivity contribution in [2.75, 3.05) is 26.1 Å². The largest absolute Gasteiger partial charge is 0.493 e. The number of hydrogen-bond donors (Lipinski definition) is 2. The Balaban J connectivity index is 1.68. The molecule has 3 rings (SSSR count). The molecule has 0 radical (unpaired) electrons. The number of rotatable bonds is 11. The second kappa shape index (κ2) is 11.4. The summed E-state index contributed by atoms with van der Waals surface area (Å²) < 4.78 is 17.2. The molecule has 0 saturated heterocycles. The number of unbranched alkanes of at least 4 members (excludes halogenated alkanes) is 1. The maximum absolute atomic E-state index is 12.9. The lowest BCUT2D eigenvalue weighted by Gasteiger charge is -2.19. The van der Waals surface area contributed by atoms with Gasteiger partial charge in [0.25, 0.3) is 5.91 Å². The predicted molar refractivity (Wildman–Crippen MR) is 131 cm³/mol. The number of benzene rings is 2. The number of ether oxygens (including phenoxy) is 3. The molecule has 7 heteroatoms. The fraction of sp³-hybridized carbons (Fsp3) is 0.385. The molecule has 0 fully saturated rings. The molecule has 3 aromatic rings. The van der Waals surface area contributed by atoms with Crippen LogP contribution in [0, 0.1) is 6.92 Å². The maximum Gasteiger partial charge on any atom is 0.251 e. The summed E-state index contributed by atoms with van der Waals surface area (Å²) in [5, 5.41) is 3.83. The lowest BCUT2D eigenvalue weighted by atomic mass is 10.1. The highest BCUT2D eigenvalue weighted by Crippen LogP contribution is 2.31. The van der Waals surface area contributed by atoms with Crippen molar-refractivity contribution in [1.29, 1.82) is 0 Å². The van der Waals surface area contributed by atoms with Gasteiger partial charge in [0.1, 0.15) is 12.4 Å². The van der Waals surface area contributed by atoms with Crippen molar-refractivity contribution < 1.29 is 19.0 Å². The number of nitrogens with two attached hydrogens (primary N) is 1. The Morgan fingerprint density at radius 2 is 1.91 bits per heavy atom. The molecule has 0 bridgehead atoms. The van der Waals surface area contributed by atoms with Crippen LogP contribution in [0.4, 0.5) is 5.69 Å². The number of hydrogen-bond acceptors (Lipinski definition) is 6. The van der Waals surface area contributed by atoms with Crippen molar-refractivity contribution in [3.8, 4) is 17.2 Å². The Hall–Kier alpha value is -3.48. The third-order valence-corrected chi connectivity index (χ3v) is 5.40. The molecular weight excluding hydrogens is 418 g/mol. The number of nitrogens with zero attached hydrogens (tertiary/aromatic N) is 1. The average molecular weight is 452 g/mol. The van der Waals surface area contributed by atoms with E-state index in [1.165, 1.54) is 0 Å². The molecule has 7 nitrogen and oxygen atoms in total. The van der Waals surface area contributed by atoms with Crippen LogP contribution >= 0.6 is 0 Å². The van der Waals surface area contributed by atoms with E-state index in [1.807, 2.05) is 38.1 Å². The number of carbonyl (C=O) groups excluding carboxylic acids is 1. The number of nitrogen functional groups attached to an aromatic ring is 1. The Morgan fingerprint density at radius 3 is 2.64 bits per heavy atom. The van der Waals surface area contributed by atoms with Gasteiger partial charge in [0.15, 0.2) is 11.5 Å². The third-order valence-electron chi connectivity index (χ3n) is 5.40. The highest BCUT2D eigenvalue weighted by atomic mass is 16.5. The summed E-state index contributed by atoms with van der Waals surface area (Å²) in [6.45, 7) is 6.94. The third kappa shape index (κ3) is 6.06. The predicted octanol–water partition coefficient (Wildman–Crippen LogP) is 4.90. The lowest BCUT2D eigenvalue weighted by molar-refractivity contribution is 0.0920. The molecule has 33 heavy (non-hydrogen) atoms. The molecule has 1 atom stereocenters. The van der Waals surface area contributed by atoms with Crippen LogP contribution in [-0.4, -0.2) is 37.3 Å². The molecule has 3 N–H and O–H groups in total. The zero-order valence-corrected chi connectivity index (χ0v) is 19.8. The smallest absolute Gasteiger partial charge is 0.251 e. The summed E-state index contributed by atoms with van der Waals surface area (Å²) in [6.07, 6.45) is 2.71. The summed E-state index contributed by atoms with van der Waals surface area (Å²) in [7, 11) is 1.57. The average Bonchev–Trinajstić information content (AvgIpc) is 2.81. The van der Waals surface area contributed by atoms with Gasteiger partial charge >= 0.3 is 0 Å². The molecule has 0 aliphatic rings. The second-order valence-electron chi connectivity index (χ2n) is 7.96. The van der Waals surface area contributed by atoms with Gasteiger partial charge in [-0.2, -0.15) is 0 Å². The van der Waals surface area contributed by atoms with Crippen LogP contribution in [0.5, 0.6) is 17.2 Å². The number of amides is 1. The van der Waals surface area contributed by atoms with Gasteiger partial charge in [0.2, 0.25) is 0 Å². The maximum atomic E-state index is 12.9. The Kier molecular flexibility index (Phi) is 8.35. The minimum atomic E-state index is -0.196. The van der Waals surface area contributed by atoms with Crippen LogP contribution in [0.1, 0.15) is 49.2 Å². The van der Waals surface area contributed by atoms with Crippen molar-refractivity contribution in [2.45, 2.75) is 46.1 Å². The molecule has 1 amide bonds. The van der Waals surface area contributed by atoms with E-state index in [4.69, 9.17) is 19.9 Å². The first-order chi connectivity index (χ1) is 16.0. The Bertz CT molecular complexity index is 1100. The number of nitrogens with one attached hydrogen (secondary N) is 1. The molecule has 0 saturated carbocycles. The van der Waals surface area contributed by atoms with E-state index in [9.17, 15) is 4.79 Å². The highest BCUT2D eigenvalue weighted by molar-refractivity contribution is 5.96. The number of methoxy groups -OCH3 is 1. The van der Waals surface area contributed by atoms with Gasteiger partial charge in [-0.05, 0) is 56.2 Å². The summed E-state index contributed by atoms with van der Waals surface area (Å²) >= 11 is 0. The standard InChI is InChI=1S/C26H33N3O4/c1-5-7-13-32-22-12-11-18(15-24(22)31-4)26(30)29-19(6-2)16-33-23-10-8-9-21-25(23)20(27)14-17(3)28-21/h8-12,14-15,19H,5-7,13,16H2,1-4H3,(H2,27,28)(H,29,30). The second-order valence-corrected chi connectivity index (χ2v) is 7.96. The molecular formula is C26H33N3O4. The number of aryl methyl sites for hydroxylation is 1. The zero-order valence-electron chi connectivity index (χ0n) is 19.8. The molecule has 0 aliphatic heterocycles. The van der Waals surface area contributed by atoms with Gasteiger partial charge in [0, 0.05) is 16.9 Å². The van der Waals surface area contributed by atoms with Crippen molar-refractivity contribution in [3.05, 3.63) is 53.7 Å². The van der Waals surface area contributed by atoms with Crippen molar-refractivity contribution in [3.63, 3.8) is 0 Å². The summed E-state index contributed by atoms with van der Waals surface area (Å²) in [5.74, 6) is 1.63. The molecule has 1 unspecified atom stereocenters. The fourth-order valence-corrected chi connectivity index (χ4v) is 3.52. The van der Waals surface area contributed by atoms with Gasteiger partial charge in [-0.3, -0.25) is 9.78 Å². The Labute approximate surface area is 195 Å². The zero-order chi connectivity index (χ0) is 23.8. The van der Waals surface area contributed by atoms with E-state index in [1.54, 1.807) is 25.3 Å². The van der Waals surface area contributed by atoms with Crippen LogP contribution in [0.15, 0.2) is 42.5 Å². The summed E-state index contributed by atoms with van der Waals surface area (Å²) in [5.41, 5.74) is 8.99. The molecule has 0 aliphatic carbocycles. The van der Waals surface area contributed by atoms with E-state index < -0.39 is 0 Å². The topological polar surface area (TPSA) is 95.7 Å². The Morgan fingerprint density at radius 1 is 1.09 bits per heavy atom. The lowest BCUT2D eigenvalue weighted by Crippen LogP contribution is -2.38. The summed E-state index contributed by atoms with van der Waals surface area (Å²) in [6, 6.07) is 12.5. The first-order valence-electron chi connectivity index (χ1n) is 11.4. The number of fused-ring (bicyclic) bond motifs is 1. The molecule has 1 heterocycles. The van der Waals surface area contributed by atoms with Gasteiger partial charge in [-0.25, -0.2) is 0 Å². The number of anilines is 1. The van der Waals surface area contributed by atoms with Crippen molar-refractivity contribution >= 4 is 22.5 Å². The van der Waals surface area contributed by atoms with Gasteiger partial charge in [-0.15, -0.1) is 0 Å². The quantitative estimate of drug-likeness (QED) is 0.403. The van der Waals surface area contributed by atoms with Crippen LogP contribution < -0.4 is 25.3 Å². The van der Waals surface area contributed by atoms with E-state index in [2.05, 4.69) is 17.2 Å². The fourth-order valence-electron chi connectivity index (χ4n) is 3.52.